The summed E-state index contributed by atoms with van der Waals surface area (Å²) in [5.41, 5.74) is -0.105. The van der Waals surface area contributed by atoms with Crippen molar-refractivity contribution >= 4 is 11.7 Å². The van der Waals surface area contributed by atoms with E-state index in [0.29, 0.717) is 5.82 Å². The van der Waals surface area contributed by atoms with Gasteiger partial charge in [-0.15, -0.1) is 0 Å². The minimum Gasteiger partial charge on any atom is -0.362 e. The largest absolute Gasteiger partial charge is 0.362 e. The highest BCUT2D eigenvalue weighted by molar-refractivity contribution is 5.80. The molecule has 0 atom stereocenters. The van der Waals surface area contributed by atoms with Crippen LogP contribution >= 0.6 is 0 Å². The van der Waals surface area contributed by atoms with Gasteiger partial charge in [0.2, 0.25) is 5.91 Å². The molecule has 0 fully saturated rings. The molecule has 0 unspecified atom stereocenters. The van der Waals surface area contributed by atoms with Crippen LogP contribution in [-0.4, -0.2) is 24.1 Å². The fraction of sp³-hybridized carbons (Fsp3) is 0.333. The maximum atomic E-state index is 11.2. The Hall–Kier alpha value is -1.78. The molecular formula is C9H13N3O2. The van der Waals surface area contributed by atoms with Crippen LogP contribution in [0.5, 0.6) is 0 Å². The van der Waals surface area contributed by atoms with Crippen LogP contribution in [0.15, 0.2) is 23.0 Å². The fourth-order valence-electron chi connectivity index (χ4n) is 1.00. The van der Waals surface area contributed by atoms with E-state index >= 15 is 0 Å². The number of hydrogen-bond donors (Lipinski definition) is 2. The molecule has 1 aromatic heterocycles. The number of amides is 1. The van der Waals surface area contributed by atoms with Crippen LogP contribution < -0.4 is 16.2 Å². The van der Waals surface area contributed by atoms with E-state index in [2.05, 4.69) is 10.6 Å². The molecular weight excluding hydrogens is 182 g/mol. The predicted octanol–water partition coefficient (Wildman–Crippen LogP) is -0.457. The highest BCUT2D eigenvalue weighted by Crippen LogP contribution is 1.99. The molecule has 1 amide bonds. The first kappa shape index (κ1) is 10.3. The second kappa shape index (κ2) is 4.45. The topological polar surface area (TPSA) is 63.1 Å². The van der Waals surface area contributed by atoms with E-state index in [1.807, 2.05) is 0 Å². The molecule has 0 aliphatic rings. The number of nitrogens with one attached hydrogen (secondary N) is 2. The third kappa shape index (κ3) is 2.35. The van der Waals surface area contributed by atoms with Crippen LogP contribution in [0.1, 0.15) is 0 Å². The van der Waals surface area contributed by atoms with Gasteiger partial charge in [0.1, 0.15) is 5.82 Å². The number of aromatic nitrogens is 1. The van der Waals surface area contributed by atoms with Crippen LogP contribution in [0, 0.1) is 0 Å². The molecule has 5 nitrogen and oxygen atoms in total. The Morgan fingerprint density at radius 1 is 1.50 bits per heavy atom. The second-order valence-corrected chi connectivity index (χ2v) is 2.84. The second-order valence-electron chi connectivity index (χ2n) is 2.84. The molecule has 0 aliphatic carbocycles. The number of nitrogens with zero attached hydrogens (tertiary/aromatic N) is 1. The highest BCUT2D eigenvalue weighted by Gasteiger charge is 2.00. The molecule has 1 heterocycles. The van der Waals surface area contributed by atoms with Crippen molar-refractivity contribution in [2.75, 3.05) is 18.9 Å². The number of likely N-dealkylation sites (N-methyl/N-ethyl adjacent to an activating group) is 1. The number of anilines is 1. The maximum Gasteiger partial charge on any atom is 0.251 e. The molecule has 14 heavy (non-hydrogen) atoms. The summed E-state index contributed by atoms with van der Waals surface area (Å²) in [6.45, 7) is 0.161. The van der Waals surface area contributed by atoms with Gasteiger partial charge in [-0.3, -0.25) is 14.2 Å². The number of carbonyl (C=O) groups is 1. The molecule has 5 heteroatoms. The lowest BCUT2D eigenvalue weighted by Gasteiger charge is -2.09. The van der Waals surface area contributed by atoms with E-state index in [0.717, 1.165) is 0 Å². The van der Waals surface area contributed by atoms with E-state index in [1.54, 1.807) is 26.2 Å². The van der Waals surface area contributed by atoms with Gasteiger partial charge in [0, 0.05) is 20.2 Å². The standard InChI is InChI=1S/C9H13N3O2/c1-10-8(13)6-11-7-4-3-5-9(14)12(7)2/h3-5,11H,6H2,1-2H3,(H,10,13). The van der Waals surface area contributed by atoms with E-state index in [4.69, 9.17) is 0 Å². The van der Waals surface area contributed by atoms with Gasteiger partial charge >= 0.3 is 0 Å². The lowest BCUT2D eigenvalue weighted by atomic mass is 10.4. The van der Waals surface area contributed by atoms with Crippen molar-refractivity contribution in [3.05, 3.63) is 28.6 Å². The summed E-state index contributed by atoms with van der Waals surface area (Å²) < 4.78 is 1.45. The summed E-state index contributed by atoms with van der Waals surface area (Å²) in [4.78, 5) is 22.1. The van der Waals surface area contributed by atoms with Gasteiger partial charge in [-0.1, -0.05) is 6.07 Å². The first-order valence-electron chi connectivity index (χ1n) is 4.25. The molecule has 0 saturated heterocycles. The van der Waals surface area contributed by atoms with Gasteiger partial charge in [0.05, 0.1) is 6.54 Å². The van der Waals surface area contributed by atoms with Crippen molar-refractivity contribution in [1.29, 1.82) is 0 Å². The van der Waals surface area contributed by atoms with Crippen LogP contribution in [0.2, 0.25) is 0 Å². The monoisotopic (exact) mass is 195 g/mol. The molecule has 0 saturated carbocycles. The van der Waals surface area contributed by atoms with E-state index in [1.165, 1.54) is 10.6 Å². The van der Waals surface area contributed by atoms with Crippen LogP contribution in [-0.2, 0) is 11.8 Å². The Morgan fingerprint density at radius 2 is 2.21 bits per heavy atom. The molecule has 2 N–H and O–H groups in total. The normalized spacial score (nSPS) is 9.57. The number of hydrogen-bond acceptors (Lipinski definition) is 3. The number of rotatable bonds is 3. The van der Waals surface area contributed by atoms with E-state index < -0.39 is 0 Å². The molecule has 1 rings (SSSR count). The number of carbonyl (C=O) groups excluding carboxylic acids is 1. The Kier molecular flexibility index (Phi) is 3.28. The van der Waals surface area contributed by atoms with Crippen LogP contribution in [0.3, 0.4) is 0 Å². The predicted molar refractivity (Wildman–Crippen MR) is 54.2 cm³/mol. The summed E-state index contributed by atoms with van der Waals surface area (Å²) in [5.74, 6) is 0.502. The molecule has 0 aromatic carbocycles. The lowest BCUT2D eigenvalue weighted by molar-refractivity contribution is -0.118. The molecule has 0 bridgehead atoms. The third-order valence-corrected chi connectivity index (χ3v) is 1.89. The summed E-state index contributed by atoms with van der Waals surface area (Å²) in [7, 11) is 3.21. The molecule has 0 spiro atoms. The Balaban J connectivity index is 2.73. The Morgan fingerprint density at radius 3 is 2.86 bits per heavy atom. The zero-order valence-corrected chi connectivity index (χ0v) is 8.20. The molecule has 0 aliphatic heterocycles. The summed E-state index contributed by atoms with van der Waals surface area (Å²) in [5, 5.41) is 5.34. The minimum absolute atomic E-state index is 0.105. The molecule has 1 aromatic rings. The first-order chi connectivity index (χ1) is 6.65. The SMILES string of the molecule is CNC(=O)CNc1cccc(=O)n1C. The van der Waals surface area contributed by atoms with Gasteiger partial charge in [-0.25, -0.2) is 0 Å². The van der Waals surface area contributed by atoms with Crippen molar-refractivity contribution < 1.29 is 4.79 Å². The fourth-order valence-corrected chi connectivity index (χ4v) is 1.00. The van der Waals surface area contributed by atoms with Gasteiger partial charge in [0.15, 0.2) is 0 Å². The Labute approximate surface area is 81.7 Å². The third-order valence-electron chi connectivity index (χ3n) is 1.89. The first-order valence-corrected chi connectivity index (χ1v) is 4.25. The van der Waals surface area contributed by atoms with Crippen molar-refractivity contribution in [2.24, 2.45) is 7.05 Å². The van der Waals surface area contributed by atoms with Crippen molar-refractivity contribution in [3.8, 4) is 0 Å². The Bertz CT molecular complexity index is 384. The zero-order chi connectivity index (χ0) is 10.6. The van der Waals surface area contributed by atoms with Crippen molar-refractivity contribution in [3.63, 3.8) is 0 Å². The van der Waals surface area contributed by atoms with Crippen LogP contribution in [0.4, 0.5) is 5.82 Å². The van der Waals surface area contributed by atoms with Gasteiger partial charge in [-0.2, -0.15) is 0 Å². The average molecular weight is 195 g/mol. The minimum atomic E-state index is -0.124. The maximum absolute atomic E-state index is 11.2. The summed E-state index contributed by atoms with van der Waals surface area (Å²) >= 11 is 0. The average Bonchev–Trinajstić information content (AvgIpc) is 2.20. The summed E-state index contributed by atoms with van der Waals surface area (Å²) in [6.07, 6.45) is 0. The zero-order valence-electron chi connectivity index (χ0n) is 8.20. The highest BCUT2D eigenvalue weighted by atomic mass is 16.2. The van der Waals surface area contributed by atoms with E-state index in [9.17, 15) is 9.59 Å². The van der Waals surface area contributed by atoms with Gasteiger partial charge < -0.3 is 10.6 Å². The van der Waals surface area contributed by atoms with Crippen LogP contribution in [0.25, 0.3) is 0 Å². The van der Waals surface area contributed by atoms with Gasteiger partial charge in [-0.05, 0) is 6.07 Å². The molecule has 76 valence electrons. The van der Waals surface area contributed by atoms with Gasteiger partial charge in [0.25, 0.3) is 5.56 Å². The molecule has 0 radical (unpaired) electrons. The van der Waals surface area contributed by atoms with E-state index in [-0.39, 0.29) is 18.0 Å². The summed E-state index contributed by atoms with van der Waals surface area (Å²) in [6, 6.07) is 4.85. The van der Waals surface area contributed by atoms with Crippen molar-refractivity contribution in [2.45, 2.75) is 0 Å². The van der Waals surface area contributed by atoms with Crippen molar-refractivity contribution in [1.82, 2.24) is 9.88 Å². The smallest absolute Gasteiger partial charge is 0.251 e. The lowest BCUT2D eigenvalue weighted by Crippen LogP contribution is -2.28. The quantitative estimate of drug-likeness (QED) is 0.686. The number of pyridine rings is 1.